The Balaban J connectivity index is 1.77. The molecular weight excluding hydrogens is 367 g/mol. The second kappa shape index (κ2) is 8.03. The van der Waals surface area contributed by atoms with Crippen molar-refractivity contribution in [3.05, 3.63) is 127 Å². The zero-order chi connectivity index (χ0) is 19.5. The van der Waals surface area contributed by atoms with Crippen LogP contribution in [0.1, 0.15) is 0 Å². The molecule has 0 aromatic heterocycles. The van der Waals surface area contributed by atoms with Crippen LogP contribution in [0.4, 0.5) is 0 Å². The minimum atomic E-state index is -0.646. The first-order valence-electron chi connectivity index (χ1n) is 9.89. The van der Waals surface area contributed by atoms with Crippen molar-refractivity contribution in [2.24, 2.45) is 0 Å². The second-order valence-electron chi connectivity index (χ2n) is 7.05. The molecule has 0 radical (unpaired) electrons. The van der Waals surface area contributed by atoms with Crippen molar-refractivity contribution in [1.82, 2.24) is 0 Å². The summed E-state index contributed by atoms with van der Waals surface area (Å²) in [5.41, 5.74) is 2.63. The summed E-state index contributed by atoms with van der Waals surface area (Å²) < 4.78 is 0. The summed E-state index contributed by atoms with van der Waals surface area (Å²) >= 11 is 0. The van der Waals surface area contributed by atoms with Gasteiger partial charge in [-0.1, -0.05) is 127 Å². The first-order chi connectivity index (χ1) is 14.4. The van der Waals surface area contributed by atoms with Crippen molar-refractivity contribution in [2.45, 2.75) is 0 Å². The molecule has 5 aromatic carbocycles. The fraction of sp³-hybridized carbons (Fsp3) is 0. The van der Waals surface area contributed by atoms with Crippen LogP contribution in [0.2, 0.25) is 0 Å². The molecule has 0 nitrogen and oxygen atoms in total. The van der Waals surface area contributed by atoms with E-state index in [-0.39, 0.29) is 0 Å². The van der Waals surface area contributed by atoms with E-state index in [1.807, 2.05) is 0 Å². The van der Waals surface area contributed by atoms with Crippen molar-refractivity contribution >= 4 is 34.6 Å². The van der Waals surface area contributed by atoms with Crippen molar-refractivity contribution in [1.29, 1.82) is 0 Å². The molecule has 0 aliphatic rings. The van der Waals surface area contributed by atoms with Gasteiger partial charge in [0.15, 0.2) is 0 Å². The van der Waals surface area contributed by atoms with Crippen LogP contribution in [0, 0.1) is 0 Å². The number of hydrogen-bond donors (Lipinski definition) is 0. The van der Waals surface area contributed by atoms with Crippen LogP contribution < -0.4 is 15.9 Å². The van der Waals surface area contributed by atoms with Gasteiger partial charge in [0.25, 0.3) is 0 Å². The van der Waals surface area contributed by atoms with E-state index in [9.17, 15) is 0 Å². The Kier molecular flexibility index (Phi) is 4.95. The van der Waals surface area contributed by atoms with Crippen LogP contribution in [0.25, 0.3) is 21.9 Å². The molecule has 0 bridgehead atoms. The standard InChI is InChI=1S/C28H21P/c1-3-14-23(15-4-1)29(24-16-5-2-6-17-24)28-21-10-9-19-27(28)26-20-11-13-22-12-7-8-18-25(22)26/h1-21H. The van der Waals surface area contributed by atoms with Crippen LogP contribution in [0.5, 0.6) is 0 Å². The lowest BCUT2D eigenvalue weighted by molar-refractivity contribution is 1.68. The molecule has 0 heterocycles. The van der Waals surface area contributed by atoms with Crippen molar-refractivity contribution < 1.29 is 0 Å². The Hall–Kier alpha value is -3.21. The Bertz CT molecular complexity index is 1200. The zero-order valence-electron chi connectivity index (χ0n) is 16.1. The van der Waals surface area contributed by atoms with Gasteiger partial charge in [0, 0.05) is 0 Å². The van der Waals surface area contributed by atoms with Gasteiger partial charge >= 0.3 is 0 Å². The highest BCUT2D eigenvalue weighted by molar-refractivity contribution is 7.80. The van der Waals surface area contributed by atoms with Crippen LogP contribution in [-0.2, 0) is 0 Å². The van der Waals surface area contributed by atoms with E-state index in [1.165, 1.54) is 37.8 Å². The molecule has 5 rings (SSSR count). The molecule has 0 saturated carbocycles. The monoisotopic (exact) mass is 388 g/mol. The summed E-state index contributed by atoms with van der Waals surface area (Å²) in [6.07, 6.45) is 0. The predicted molar refractivity (Wildman–Crippen MR) is 128 cm³/mol. The molecule has 0 N–H and O–H groups in total. The van der Waals surface area contributed by atoms with Crippen LogP contribution in [0.3, 0.4) is 0 Å². The largest absolute Gasteiger partial charge is 0.0622 e. The molecule has 0 aliphatic carbocycles. The molecule has 0 unspecified atom stereocenters. The fourth-order valence-corrected chi connectivity index (χ4v) is 6.40. The highest BCUT2D eigenvalue weighted by Gasteiger charge is 2.20. The van der Waals surface area contributed by atoms with Gasteiger partial charge in [0.2, 0.25) is 0 Å². The maximum Gasteiger partial charge on any atom is -0.00724 e. The van der Waals surface area contributed by atoms with Crippen molar-refractivity contribution in [2.75, 3.05) is 0 Å². The molecule has 138 valence electrons. The average Bonchev–Trinajstić information content (AvgIpc) is 2.81. The molecular formula is C28H21P. The lowest BCUT2D eigenvalue weighted by atomic mass is 9.98. The predicted octanol–water partition coefficient (Wildman–Crippen LogP) is 6.27. The molecule has 1 heteroatoms. The second-order valence-corrected chi connectivity index (χ2v) is 9.24. The van der Waals surface area contributed by atoms with Gasteiger partial charge in [-0.15, -0.1) is 0 Å². The highest BCUT2D eigenvalue weighted by atomic mass is 31.1. The maximum atomic E-state index is 2.31. The van der Waals surface area contributed by atoms with Gasteiger partial charge in [-0.2, -0.15) is 0 Å². The van der Waals surface area contributed by atoms with Gasteiger partial charge in [-0.3, -0.25) is 0 Å². The highest BCUT2D eigenvalue weighted by Crippen LogP contribution is 2.38. The zero-order valence-corrected chi connectivity index (χ0v) is 17.0. The maximum absolute atomic E-state index is 2.31. The van der Waals surface area contributed by atoms with Crippen molar-refractivity contribution in [3.8, 4) is 11.1 Å². The minimum Gasteiger partial charge on any atom is -0.0622 e. The third-order valence-corrected chi connectivity index (χ3v) is 7.75. The lowest BCUT2D eigenvalue weighted by Gasteiger charge is -2.23. The third kappa shape index (κ3) is 3.48. The lowest BCUT2D eigenvalue weighted by Crippen LogP contribution is -2.22. The SMILES string of the molecule is c1ccc(P(c2ccccc2)c2ccccc2-c2cccc3ccccc23)cc1. The molecule has 0 atom stereocenters. The number of benzene rings is 5. The Morgan fingerprint density at radius 1 is 0.379 bits per heavy atom. The number of hydrogen-bond acceptors (Lipinski definition) is 0. The summed E-state index contributed by atoms with van der Waals surface area (Å²) in [4.78, 5) is 0. The average molecular weight is 388 g/mol. The third-order valence-electron chi connectivity index (χ3n) is 5.25. The molecule has 29 heavy (non-hydrogen) atoms. The van der Waals surface area contributed by atoms with Crippen molar-refractivity contribution in [3.63, 3.8) is 0 Å². The molecule has 0 spiro atoms. The quantitative estimate of drug-likeness (QED) is 0.319. The summed E-state index contributed by atoms with van der Waals surface area (Å²) in [7, 11) is -0.646. The van der Waals surface area contributed by atoms with E-state index in [2.05, 4.69) is 127 Å². The summed E-state index contributed by atoms with van der Waals surface area (Å²) in [5.74, 6) is 0. The van der Waals surface area contributed by atoms with Crippen LogP contribution >= 0.6 is 7.92 Å². The van der Waals surface area contributed by atoms with Gasteiger partial charge in [-0.25, -0.2) is 0 Å². The number of fused-ring (bicyclic) bond motifs is 1. The van der Waals surface area contributed by atoms with E-state index < -0.39 is 7.92 Å². The summed E-state index contributed by atoms with van der Waals surface area (Å²) in [6.45, 7) is 0. The van der Waals surface area contributed by atoms with Crippen LogP contribution in [-0.4, -0.2) is 0 Å². The van der Waals surface area contributed by atoms with E-state index in [0.717, 1.165) is 0 Å². The Morgan fingerprint density at radius 3 is 1.62 bits per heavy atom. The smallest absolute Gasteiger partial charge is 0.00724 e. The molecule has 5 aromatic rings. The van der Waals surface area contributed by atoms with E-state index in [4.69, 9.17) is 0 Å². The minimum absolute atomic E-state index is 0.646. The van der Waals surface area contributed by atoms with E-state index in [1.54, 1.807) is 0 Å². The Labute approximate surface area is 173 Å². The molecule has 0 aliphatic heterocycles. The van der Waals surface area contributed by atoms with Gasteiger partial charge < -0.3 is 0 Å². The van der Waals surface area contributed by atoms with Gasteiger partial charge in [0.1, 0.15) is 0 Å². The topological polar surface area (TPSA) is 0 Å². The molecule has 0 fully saturated rings. The Morgan fingerprint density at radius 2 is 0.897 bits per heavy atom. The summed E-state index contributed by atoms with van der Waals surface area (Å²) in [5, 5.41) is 6.74. The molecule has 0 saturated heterocycles. The fourth-order valence-electron chi connectivity index (χ4n) is 3.94. The normalized spacial score (nSPS) is 11.1. The first-order valence-corrected chi connectivity index (χ1v) is 11.2. The van der Waals surface area contributed by atoms with E-state index >= 15 is 0 Å². The van der Waals surface area contributed by atoms with Crippen LogP contribution in [0.15, 0.2) is 127 Å². The number of rotatable bonds is 4. The summed E-state index contributed by atoms with van der Waals surface area (Å²) in [6, 6.07) is 46.0. The molecule has 0 amide bonds. The first kappa shape index (κ1) is 17.9. The van der Waals surface area contributed by atoms with Gasteiger partial charge in [0.05, 0.1) is 0 Å². The van der Waals surface area contributed by atoms with Gasteiger partial charge in [-0.05, 0) is 45.7 Å². The van der Waals surface area contributed by atoms with E-state index in [0.29, 0.717) is 0 Å².